The Morgan fingerprint density at radius 1 is 1.32 bits per heavy atom. The molecular weight excluding hydrogens is 296 g/mol. The van der Waals surface area contributed by atoms with Crippen LogP contribution in [0.25, 0.3) is 10.8 Å². The van der Waals surface area contributed by atoms with E-state index in [1.165, 1.54) is 25.0 Å². The molecule has 3 heterocycles. The van der Waals surface area contributed by atoms with E-state index in [4.69, 9.17) is 14.1 Å². The summed E-state index contributed by atoms with van der Waals surface area (Å²) in [7, 11) is 0. The van der Waals surface area contributed by atoms with Crippen molar-refractivity contribution in [3.05, 3.63) is 29.0 Å². The SMILES string of the molecule is Cc1ccc(-c2nc(CN(C[C@H]3CCOC3)C3CC3)cs2)o1. The van der Waals surface area contributed by atoms with E-state index in [9.17, 15) is 0 Å². The first-order valence-corrected chi connectivity index (χ1v) is 8.99. The molecule has 0 radical (unpaired) electrons. The van der Waals surface area contributed by atoms with Crippen molar-refractivity contribution in [2.24, 2.45) is 5.92 Å². The van der Waals surface area contributed by atoms with Gasteiger partial charge >= 0.3 is 0 Å². The maximum atomic E-state index is 5.67. The minimum Gasteiger partial charge on any atom is -0.459 e. The lowest BCUT2D eigenvalue weighted by atomic mass is 10.1. The minimum atomic E-state index is 0.700. The van der Waals surface area contributed by atoms with Crippen molar-refractivity contribution in [3.8, 4) is 10.8 Å². The predicted molar refractivity (Wildman–Crippen MR) is 86.9 cm³/mol. The third-order valence-corrected chi connectivity index (χ3v) is 5.35. The molecule has 5 heteroatoms. The van der Waals surface area contributed by atoms with Crippen LogP contribution in [0.5, 0.6) is 0 Å². The molecule has 2 aliphatic rings. The number of furan rings is 1. The van der Waals surface area contributed by atoms with E-state index in [2.05, 4.69) is 10.3 Å². The molecule has 1 atom stereocenters. The largest absolute Gasteiger partial charge is 0.459 e. The Morgan fingerprint density at radius 2 is 2.23 bits per heavy atom. The molecule has 1 saturated heterocycles. The van der Waals surface area contributed by atoms with E-state index in [0.29, 0.717) is 5.92 Å². The van der Waals surface area contributed by atoms with Crippen molar-refractivity contribution in [2.45, 2.75) is 38.8 Å². The van der Waals surface area contributed by atoms with Gasteiger partial charge in [0.1, 0.15) is 5.76 Å². The lowest BCUT2D eigenvalue weighted by molar-refractivity contribution is 0.161. The normalized spacial score (nSPS) is 21.8. The topological polar surface area (TPSA) is 38.5 Å². The van der Waals surface area contributed by atoms with Crippen molar-refractivity contribution < 1.29 is 9.15 Å². The van der Waals surface area contributed by atoms with Gasteiger partial charge in [0.25, 0.3) is 0 Å². The van der Waals surface area contributed by atoms with Crippen LogP contribution in [0, 0.1) is 12.8 Å². The highest BCUT2D eigenvalue weighted by molar-refractivity contribution is 7.13. The van der Waals surface area contributed by atoms with Gasteiger partial charge in [-0.15, -0.1) is 11.3 Å². The van der Waals surface area contributed by atoms with Gasteiger partial charge in [-0.2, -0.15) is 0 Å². The van der Waals surface area contributed by atoms with E-state index in [-0.39, 0.29) is 0 Å². The highest BCUT2D eigenvalue weighted by Gasteiger charge is 2.32. The number of aromatic nitrogens is 1. The van der Waals surface area contributed by atoms with Gasteiger partial charge in [0.2, 0.25) is 0 Å². The molecule has 1 aliphatic heterocycles. The van der Waals surface area contributed by atoms with Crippen molar-refractivity contribution in [1.29, 1.82) is 0 Å². The monoisotopic (exact) mass is 318 g/mol. The van der Waals surface area contributed by atoms with Crippen LogP contribution in [0.3, 0.4) is 0 Å². The molecule has 2 aromatic heterocycles. The number of ether oxygens (including phenoxy) is 1. The average molecular weight is 318 g/mol. The summed E-state index contributed by atoms with van der Waals surface area (Å²) in [5, 5.41) is 3.16. The van der Waals surface area contributed by atoms with Gasteiger partial charge < -0.3 is 9.15 Å². The second-order valence-electron chi connectivity index (χ2n) is 6.44. The summed E-state index contributed by atoms with van der Waals surface area (Å²) in [6, 6.07) is 4.76. The minimum absolute atomic E-state index is 0.700. The van der Waals surface area contributed by atoms with Crippen molar-refractivity contribution >= 4 is 11.3 Å². The van der Waals surface area contributed by atoms with E-state index in [1.54, 1.807) is 11.3 Å². The third kappa shape index (κ3) is 3.26. The van der Waals surface area contributed by atoms with E-state index in [1.807, 2.05) is 19.1 Å². The summed E-state index contributed by atoms with van der Waals surface area (Å²) in [6.07, 6.45) is 3.88. The molecule has 4 nitrogen and oxygen atoms in total. The standard InChI is InChI=1S/C17H22N2O2S/c1-12-2-5-16(21-12)17-18-14(11-22-17)9-19(15-3-4-15)8-13-6-7-20-10-13/h2,5,11,13,15H,3-4,6-10H2,1H3/t13-/m1/s1. The molecule has 0 N–H and O–H groups in total. The van der Waals surface area contributed by atoms with Gasteiger partial charge in [0.15, 0.2) is 10.8 Å². The molecule has 1 aliphatic carbocycles. The Morgan fingerprint density at radius 3 is 2.91 bits per heavy atom. The summed E-state index contributed by atoms with van der Waals surface area (Å²) in [5.41, 5.74) is 1.17. The molecule has 2 aromatic rings. The van der Waals surface area contributed by atoms with Gasteiger partial charge in [-0.05, 0) is 44.2 Å². The fraction of sp³-hybridized carbons (Fsp3) is 0.588. The summed E-state index contributed by atoms with van der Waals surface area (Å²) >= 11 is 1.68. The Hall–Kier alpha value is -1.17. The van der Waals surface area contributed by atoms with Gasteiger partial charge in [0.05, 0.1) is 12.3 Å². The molecule has 0 unspecified atom stereocenters. The Bertz CT molecular complexity index is 626. The third-order valence-electron chi connectivity index (χ3n) is 4.45. The zero-order valence-corrected chi connectivity index (χ0v) is 13.8. The molecule has 2 fully saturated rings. The first-order valence-electron chi connectivity index (χ1n) is 8.11. The average Bonchev–Trinajstić information content (AvgIpc) is 2.92. The van der Waals surface area contributed by atoms with Gasteiger partial charge in [-0.3, -0.25) is 4.90 Å². The number of rotatable bonds is 6. The highest BCUT2D eigenvalue weighted by Crippen LogP contribution is 2.32. The quantitative estimate of drug-likeness (QED) is 0.814. The molecular formula is C17H22N2O2S. The molecule has 0 aromatic carbocycles. The Balaban J connectivity index is 1.43. The van der Waals surface area contributed by atoms with Gasteiger partial charge in [-0.25, -0.2) is 4.98 Å². The van der Waals surface area contributed by atoms with Crippen molar-refractivity contribution in [3.63, 3.8) is 0 Å². The molecule has 22 heavy (non-hydrogen) atoms. The summed E-state index contributed by atoms with van der Waals surface area (Å²) in [4.78, 5) is 7.37. The second-order valence-corrected chi connectivity index (χ2v) is 7.30. The van der Waals surface area contributed by atoms with Crippen LogP contribution < -0.4 is 0 Å². The van der Waals surface area contributed by atoms with Crippen LogP contribution in [0.1, 0.15) is 30.7 Å². The summed E-state index contributed by atoms with van der Waals surface area (Å²) in [6.45, 7) is 5.93. The zero-order valence-electron chi connectivity index (χ0n) is 13.0. The van der Waals surface area contributed by atoms with Crippen molar-refractivity contribution in [2.75, 3.05) is 19.8 Å². The fourth-order valence-corrected chi connectivity index (χ4v) is 3.86. The Kier molecular flexibility index (Phi) is 4.03. The maximum absolute atomic E-state index is 5.67. The maximum Gasteiger partial charge on any atom is 0.162 e. The molecule has 1 saturated carbocycles. The number of hydrogen-bond donors (Lipinski definition) is 0. The van der Waals surface area contributed by atoms with Gasteiger partial charge in [-0.1, -0.05) is 0 Å². The number of hydrogen-bond acceptors (Lipinski definition) is 5. The van der Waals surface area contributed by atoms with Crippen LogP contribution in [0.15, 0.2) is 21.9 Å². The van der Waals surface area contributed by atoms with E-state index in [0.717, 1.165) is 48.9 Å². The van der Waals surface area contributed by atoms with E-state index < -0.39 is 0 Å². The smallest absolute Gasteiger partial charge is 0.162 e. The van der Waals surface area contributed by atoms with E-state index >= 15 is 0 Å². The fourth-order valence-electron chi connectivity index (χ4n) is 3.09. The number of aryl methyl sites for hydroxylation is 1. The van der Waals surface area contributed by atoms with Gasteiger partial charge in [0, 0.05) is 31.1 Å². The molecule has 0 spiro atoms. The molecule has 4 rings (SSSR count). The molecule has 118 valence electrons. The lowest BCUT2D eigenvalue weighted by Crippen LogP contribution is -2.31. The van der Waals surface area contributed by atoms with Crippen LogP contribution in [-0.4, -0.2) is 35.7 Å². The summed E-state index contributed by atoms with van der Waals surface area (Å²) in [5.74, 6) is 2.52. The second kappa shape index (κ2) is 6.14. The number of nitrogens with zero attached hydrogens (tertiary/aromatic N) is 2. The number of thiazole rings is 1. The highest BCUT2D eigenvalue weighted by atomic mass is 32.1. The lowest BCUT2D eigenvalue weighted by Gasteiger charge is -2.23. The molecule has 0 bridgehead atoms. The van der Waals surface area contributed by atoms with Crippen LogP contribution in [-0.2, 0) is 11.3 Å². The first kappa shape index (κ1) is 14.4. The predicted octanol–water partition coefficient (Wildman–Crippen LogP) is 3.71. The zero-order chi connectivity index (χ0) is 14.9. The first-order chi connectivity index (χ1) is 10.8. The molecule has 0 amide bonds. The van der Waals surface area contributed by atoms with Crippen LogP contribution >= 0.6 is 11.3 Å². The van der Waals surface area contributed by atoms with Crippen LogP contribution in [0.2, 0.25) is 0 Å². The van der Waals surface area contributed by atoms with Crippen LogP contribution in [0.4, 0.5) is 0 Å². The van der Waals surface area contributed by atoms with Crippen molar-refractivity contribution in [1.82, 2.24) is 9.88 Å². The Labute approximate surface area is 135 Å². The summed E-state index contributed by atoms with van der Waals surface area (Å²) < 4.78 is 11.2.